The van der Waals surface area contributed by atoms with Gasteiger partial charge in [-0.15, -0.1) is 0 Å². The first-order valence-corrected chi connectivity index (χ1v) is 19.1. The highest BCUT2D eigenvalue weighted by Crippen LogP contribution is 2.38. The number of hydrogen-bond donors (Lipinski definition) is 0. The topological polar surface area (TPSA) is 42.1 Å². The first-order chi connectivity index (χ1) is 25.5. The van der Waals surface area contributed by atoms with Crippen molar-refractivity contribution in [3.05, 3.63) is 177 Å². The molecule has 2 atom stereocenters. The van der Waals surface area contributed by atoms with Gasteiger partial charge < -0.3 is 9.13 Å². The number of likely N-dealkylation sites (tertiary alicyclic amines) is 2. The van der Waals surface area contributed by atoms with E-state index in [0.717, 1.165) is 68.2 Å². The molecule has 4 aromatic heterocycles. The highest BCUT2D eigenvalue weighted by Gasteiger charge is 2.31. The highest BCUT2D eigenvalue weighted by molar-refractivity contribution is 9.10. The second-order valence-electron chi connectivity index (χ2n) is 13.4. The molecule has 2 aliphatic rings. The van der Waals surface area contributed by atoms with Gasteiger partial charge in [0.1, 0.15) is 11.6 Å². The third kappa shape index (κ3) is 8.39. The largest absolute Gasteiger partial charge is 0.344 e. The van der Waals surface area contributed by atoms with Crippen molar-refractivity contribution in [3.63, 3.8) is 0 Å². The van der Waals surface area contributed by atoms with Gasteiger partial charge in [0, 0.05) is 46.8 Å². The maximum Gasteiger partial charge on any atom is 0.137 e. The first kappa shape index (κ1) is 36.2. The molecule has 2 unspecified atom stereocenters. The monoisotopic (exact) mass is 782 g/mol. The minimum Gasteiger partial charge on any atom is -0.344 e. The third-order valence-corrected chi connectivity index (χ3v) is 10.9. The van der Waals surface area contributed by atoms with E-state index in [-0.39, 0.29) is 23.7 Å². The molecule has 0 amide bonds. The lowest BCUT2D eigenvalue weighted by molar-refractivity contribution is 0.266. The minimum absolute atomic E-state index is 0.119. The number of benzene rings is 2. The average molecular weight is 784 g/mol. The van der Waals surface area contributed by atoms with Crippen LogP contribution in [-0.2, 0) is 13.1 Å². The van der Waals surface area contributed by atoms with Crippen LogP contribution in [0, 0.1) is 11.6 Å². The Kier molecular flexibility index (Phi) is 11.9. The molecule has 6 nitrogen and oxygen atoms in total. The lowest BCUT2D eigenvalue weighted by Gasteiger charge is -2.30. The van der Waals surface area contributed by atoms with Crippen molar-refractivity contribution in [1.82, 2.24) is 28.9 Å². The standard InChI is InChI=1S/C21H21BrFN3.C21H21ClFN3/c22-18-14-16(8-9-19(18)23)21(25-11-3-4-12-25)20-7-5-13-26(20)15-17-6-1-2-10-24-17;22-17-8-5-9-18(23)20(17)21(25-12-3-4-13-25)19-10-6-14-26(19)15-16-7-1-2-11-24-16/h1-2,5-10,13-14,21H,3-4,11-12,15H2;1-2,5-11,14,21H,3-4,12-13,15H2. The molecule has 6 heterocycles. The van der Waals surface area contributed by atoms with Crippen LogP contribution in [-0.4, -0.2) is 55.1 Å². The highest BCUT2D eigenvalue weighted by atomic mass is 79.9. The van der Waals surface area contributed by atoms with Crippen molar-refractivity contribution >= 4 is 27.5 Å². The molecule has 0 N–H and O–H groups in total. The Morgan fingerprint density at radius 3 is 1.69 bits per heavy atom. The molecular formula is C42H42BrClF2N6. The van der Waals surface area contributed by atoms with Gasteiger partial charge in [0.2, 0.25) is 0 Å². The Labute approximate surface area is 317 Å². The van der Waals surface area contributed by atoms with Gasteiger partial charge in [0.05, 0.1) is 41.0 Å². The summed E-state index contributed by atoms with van der Waals surface area (Å²) in [4.78, 5) is 13.7. The van der Waals surface area contributed by atoms with E-state index in [9.17, 15) is 8.78 Å². The van der Waals surface area contributed by atoms with Crippen LogP contribution in [0.4, 0.5) is 8.78 Å². The van der Waals surface area contributed by atoms with Crippen molar-refractivity contribution in [3.8, 4) is 0 Å². The molecule has 268 valence electrons. The number of nitrogens with zero attached hydrogens (tertiary/aromatic N) is 6. The molecule has 0 spiro atoms. The molecule has 0 saturated carbocycles. The molecule has 2 fully saturated rings. The van der Waals surface area contributed by atoms with E-state index in [1.54, 1.807) is 24.4 Å². The predicted octanol–water partition coefficient (Wildman–Crippen LogP) is 9.93. The van der Waals surface area contributed by atoms with E-state index in [4.69, 9.17) is 11.6 Å². The van der Waals surface area contributed by atoms with Crippen LogP contribution in [0.2, 0.25) is 5.02 Å². The Bertz CT molecular complexity index is 2020. The fourth-order valence-electron chi connectivity index (χ4n) is 7.51. The zero-order valence-corrected chi connectivity index (χ0v) is 31.3. The van der Waals surface area contributed by atoms with E-state index < -0.39 is 0 Å². The summed E-state index contributed by atoms with van der Waals surface area (Å²) in [6, 6.07) is 30.4. The molecule has 0 radical (unpaired) electrons. The van der Waals surface area contributed by atoms with Crippen molar-refractivity contribution in [2.24, 2.45) is 0 Å². The van der Waals surface area contributed by atoms with Gasteiger partial charge in [-0.1, -0.05) is 35.9 Å². The van der Waals surface area contributed by atoms with Crippen LogP contribution in [0.15, 0.2) is 126 Å². The molecule has 2 saturated heterocycles. The quantitative estimate of drug-likeness (QED) is 0.139. The Morgan fingerprint density at radius 1 is 0.615 bits per heavy atom. The van der Waals surface area contributed by atoms with Crippen LogP contribution < -0.4 is 0 Å². The first-order valence-electron chi connectivity index (χ1n) is 17.9. The Hall–Kier alpha value is -4.15. The van der Waals surface area contributed by atoms with Gasteiger partial charge >= 0.3 is 0 Å². The molecule has 2 aromatic carbocycles. The smallest absolute Gasteiger partial charge is 0.137 e. The maximum atomic E-state index is 14.8. The van der Waals surface area contributed by atoms with Gasteiger partial charge in [0.15, 0.2) is 0 Å². The van der Waals surface area contributed by atoms with Gasteiger partial charge in [-0.25, -0.2) is 8.78 Å². The van der Waals surface area contributed by atoms with E-state index in [2.05, 4.69) is 69.2 Å². The van der Waals surface area contributed by atoms with Gasteiger partial charge in [-0.3, -0.25) is 19.8 Å². The number of halogens is 4. The second-order valence-corrected chi connectivity index (χ2v) is 14.6. The molecule has 10 heteroatoms. The Balaban J connectivity index is 0.000000162. The maximum absolute atomic E-state index is 14.8. The van der Waals surface area contributed by atoms with Gasteiger partial charge in [-0.05, 0) is 146 Å². The SMILES string of the molecule is Fc1ccc(C(c2cccn2Cc2ccccn2)N2CCCC2)cc1Br.Fc1cccc(Cl)c1C(c1cccn1Cc1ccccn1)N1CCCC1. The fraction of sp³-hybridized carbons (Fsp3) is 0.286. The molecule has 0 aliphatic carbocycles. The summed E-state index contributed by atoms with van der Waals surface area (Å²) in [5.74, 6) is -0.474. The van der Waals surface area contributed by atoms with Crippen LogP contribution >= 0.6 is 27.5 Å². The summed E-state index contributed by atoms with van der Waals surface area (Å²) >= 11 is 9.79. The molecule has 52 heavy (non-hydrogen) atoms. The summed E-state index contributed by atoms with van der Waals surface area (Å²) in [5, 5.41) is 0.479. The summed E-state index contributed by atoms with van der Waals surface area (Å²) in [6.45, 7) is 5.41. The average Bonchev–Trinajstić information content (AvgIpc) is 4.00. The van der Waals surface area contributed by atoms with Crippen LogP contribution in [0.25, 0.3) is 0 Å². The molecule has 2 aliphatic heterocycles. The summed E-state index contributed by atoms with van der Waals surface area (Å²) in [7, 11) is 0. The third-order valence-electron chi connectivity index (χ3n) is 9.95. The molecule has 8 rings (SSSR count). The number of rotatable bonds is 10. The molecule has 0 bridgehead atoms. The van der Waals surface area contributed by atoms with E-state index in [0.29, 0.717) is 21.6 Å². The summed E-state index contributed by atoms with van der Waals surface area (Å²) < 4.78 is 33.5. The van der Waals surface area contributed by atoms with E-state index in [1.807, 2.05) is 67.0 Å². The van der Waals surface area contributed by atoms with Gasteiger partial charge in [-0.2, -0.15) is 0 Å². The van der Waals surface area contributed by atoms with Crippen LogP contribution in [0.1, 0.15) is 71.7 Å². The van der Waals surface area contributed by atoms with Crippen molar-refractivity contribution in [2.75, 3.05) is 26.2 Å². The predicted molar refractivity (Wildman–Crippen MR) is 206 cm³/mol. The number of aromatic nitrogens is 4. The van der Waals surface area contributed by atoms with Crippen molar-refractivity contribution in [2.45, 2.75) is 50.9 Å². The lowest BCUT2D eigenvalue weighted by Crippen LogP contribution is -2.29. The second kappa shape index (κ2) is 17.1. The van der Waals surface area contributed by atoms with E-state index >= 15 is 0 Å². The minimum atomic E-state index is -0.250. The normalized spacial score (nSPS) is 16.1. The van der Waals surface area contributed by atoms with E-state index in [1.165, 1.54) is 24.6 Å². The Morgan fingerprint density at radius 2 is 1.17 bits per heavy atom. The van der Waals surface area contributed by atoms with Crippen LogP contribution in [0.5, 0.6) is 0 Å². The molecular weight excluding hydrogens is 742 g/mol. The number of pyridine rings is 2. The number of hydrogen-bond acceptors (Lipinski definition) is 4. The molecule has 6 aromatic rings. The van der Waals surface area contributed by atoms with Crippen molar-refractivity contribution < 1.29 is 8.78 Å². The summed E-state index contributed by atoms with van der Waals surface area (Å²) in [5.41, 5.74) is 5.95. The zero-order chi connectivity index (χ0) is 35.9. The lowest BCUT2D eigenvalue weighted by atomic mass is 10.0. The summed E-state index contributed by atoms with van der Waals surface area (Å²) in [6.07, 6.45) is 12.4. The van der Waals surface area contributed by atoms with Crippen LogP contribution in [0.3, 0.4) is 0 Å². The van der Waals surface area contributed by atoms with Gasteiger partial charge in [0.25, 0.3) is 0 Å². The van der Waals surface area contributed by atoms with Crippen molar-refractivity contribution in [1.29, 1.82) is 0 Å². The zero-order valence-electron chi connectivity index (χ0n) is 29.0. The fourth-order valence-corrected chi connectivity index (χ4v) is 8.17.